The van der Waals surface area contributed by atoms with Crippen LogP contribution in [0.25, 0.3) is 0 Å². The molecule has 0 aliphatic heterocycles. The van der Waals surface area contributed by atoms with E-state index in [1.807, 2.05) is 10.8 Å². The third kappa shape index (κ3) is 3.97. The van der Waals surface area contributed by atoms with Gasteiger partial charge in [-0.1, -0.05) is 26.8 Å². The fourth-order valence-corrected chi connectivity index (χ4v) is 1.69. The largest absolute Gasteiger partial charge is 0.314 e. The molecular weight excluding hydrogens is 212 g/mol. The van der Waals surface area contributed by atoms with Gasteiger partial charge in [0.25, 0.3) is 0 Å². The van der Waals surface area contributed by atoms with Crippen molar-refractivity contribution >= 4 is 0 Å². The molecule has 0 radical (unpaired) electrons. The lowest BCUT2D eigenvalue weighted by Gasteiger charge is -2.27. The minimum Gasteiger partial charge on any atom is -0.314 e. The average Bonchev–Trinajstić information content (AvgIpc) is 2.73. The molecule has 0 saturated carbocycles. The monoisotopic (exact) mass is 236 g/mol. The maximum Gasteiger partial charge on any atom is 0.138 e. The van der Waals surface area contributed by atoms with Gasteiger partial charge in [-0.3, -0.25) is 4.68 Å². The van der Waals surface area contributed by atoms with Gasteiger partial charge >= 0.3 is 0 Å². The van der Waals surface area contributed by atoms with Crippen molar-refractivity contribution in [1.29, 1.82) is 0 Å². The van der Waals surface area contributed by atoms with Crippen LogP contribution < -0.4 is 5.32 Å². The maximum atomic E-state index is 4.32. The van der Waals surface area contributed by atoms with Crippen LogP contribution in [0, 0.1) is 5.41 Å². The molecule has 1 unspecified atom stereocenters. The minimum atomic E-state index is 0.0181. The quantitative estimate of drug-likeness (QED) is 0.737. The number of aryl methyl sites for hydroxylation is 1. The predicted octanol–water partition coefficient (Wildman–Crippen LogP) is 2.03. The van der Waals surface area contributed by atoms with Crippen LogP contribution in [0.5, 0.6) is 0 Å². The zero-order valence-electron chi connectivity index (χ0n) is 11.4. The van der Waals surface area contributed by atoms with Gasteiger partial charge in [-0.2, -0.15) is 5.10 Å². The Labute approximate surface area is 104 Å². The molecule has 4 heteroatoms. The summed E-state index contributed by atoms with van der Waals surface area (Å²) in [5, 5.41) is 7.66. The van der Waals surface area contributed by atoms with Crippen LogP contribution >= 0.6 is 0 Å². The lowest BCUT2D eigenvalue weighted by Crippen LogP contribution is -2.36. The smallest absolute Gasteiger partial charge is 0.138 e. The van der Waals surface area contributed by atoms with Crippen molar-refractivity contribution in [2.24, 2.45) is 5.41 Å². The van der Waals surface area contributed by atoms with Crippen molar-refractivity contribution in [2.75, 3.05) is 6.54 Å². The first-order valence-corrected chi connectivity index (χ1v) is 6.24. The molecule has 0 saturated heterocycles. The van der Waals surface area contributed by atoms with E-state index in [1.165, 1.54) is 0 Å². The zero-order chi connectivity index (χ0) is 12.9. The third-order valence-electron chi connectivity index (χ3n) is 2.96. The van der Waals surface area contributed by atoms with Gasteiger partial charge in [0.05, 0.1) is 0 Å². The molecule has 1 N–H and O–H groups in total. The molecular formula is C13H24N4. The molecule has 1 rings (SSSR count). The van der Waals surface area contributed by atoms with Gasteiger partial charge in [-0.25, -0.2) is 4.98 Å². The molecule has 0 fully saturated rings. The molecule has 96 valence electrons. The van der Waals surface area contributed by atoms with Crippen molar-refractivity contribution in [3.8, 4) is 0 Å². The van der Waals surface area contributed by atoms with E-state index in [2.05, 4.69) is 49.7 Å². The summed E-state index contributed by atoms with van der Waals surface area (Å²) in [6.07, 6.45) is 4.50. The maximum absolute atomic E-state index is 4.32. The van der Waals surface area contributed by atoms with Crippen molar-refractivity contribution in [3.05, 3.63) is 24.8 Å². The van der Waals surface area contributed by atoms with Gasteiger partial charge in [0.15, 0.2) is 0 Å². The van der Waals surface area contributed by atoms with Crippen molar-refractivity contribution < 1.29 is 0 Å². The topological polar surface area (TPSA) is 42.7 Å². The van der Waals surface area contributed by atoms with E-state index in [0.29, 0.717) is 6.04 Å². The molecule has 4 nitrogen and oxygen atoms in total. The van der Waals surface area contributed by atoms with Crippen molar-refractivity contribution in [2.45, 2.75) is 46.7 Å². The molecule has 0 aliphatic carbocycles. The molecule has 0 bridgehead atoms. The summed E-state index contributed by atoms with van der Waals surface area (Å²) in [4.78, 5) is 4.32. The van der Waals surface area contributed by atoms with Gasteiger partial charge in [0.1, 0.15) is 12.2 Å². The standard InChI is InChI=1S/C13H24N4/c1-6-13(5,9-14-11(3)4)8-12-15-10-16-17(12)7-2/h6,10-11,14H,1,7-9H2,2-5H3. The van der Waals surface area contributed by atoms with Gasteiger partial charge in [0.2, 0.25) is 0 Å². The van der Waals surface area contributed by atoms with Crippen LogP contribution in [-0.2, 0) is 13.0 Å². The Morgan fingerprint density at radius 3 is 2.82 bits per heavy atom. The molecule has 0 aromatic carbocycles. The van der Waals surface area contributed by atoms with Gasteiger partial charge < -0.3 is 5.32 Å². The van der Waals surface area contributed by atoms with E-state index in [1.54, 1.807) is 6.33 Å². The molecule has 0 aliphatic rings. The predicted molar refractivity (Wildman–Crippen MR) is 70.8 cm³/mol. The number of nitrogens with one attached hydrogen (secondary N) is 1. The minimum absolute atomic E-state index is 0.0181. The number of hydrogen-bond donors (Lipinski definition) is 1. The van der Waals surface area contributed by atoms with Crippen LogP contribution in [0.3, 0.4) is 0 Å². The number of nitrogens with zero attached hydrogens (tertiary/aromatic N) is 3. The molecule has 1 aromatic rings. The zero-order valence-corrected chi connectivity index (χ0v) is 11.4. The van der Waals surface area contributed by atoms with Gasteiger partial charge in [0, 0.05) is 31.0 Å². The summed E-state index contributed by atoms with van der Waals surface area (Å²) in [7, 11) is 0. The second-order valence-electron chi connectivity index (χ2n) is 5.06. The van der Waals surface area contributed by atoms with Crippen LogP contribution in [0.4, 0.5) is 0 Å². The Bertz CT molecular complexity index is 356. The fraction of sp³-hybridized carbons (Fsp3) is 0.692. The van der Waals surface area contributed by atoms with Crippen LogP contribution in [0.2, 0.25) is 0 Å². The van der Waals surface area contributed by atoms with E-state index >= 15 is 0 Å². The van der Waals surface area contributed by atoms with E-state index in [9.17, 15) is 0 Å². The van der Waals surface area contributed by atoms with Crippen molar-refractivity contribution in [3.63, 3.8) is 0 Å². The number of hydrogen-bond acceptors (Lipinski definition) is 3. The Morgan fingerprint density at radius 2 is 2.29 bits per heavy atom. The lowest BCUT2D eigenvalue weighted by molar-refractivity contribution is 0.359. The Kier molecular flexibility index (Phi) is 4.87. The first kappa shape index (κ1) is 13.9. The first-order chi connectivity index (χ1) is 8.00. The Hall–Kier alpha value is -1.16. The summed E-state index contributed by atoms with van der Waals surface area (Å²) in [6.45, 7) is 14.3. The molecule has 1 heterocycles. The van der Waals surface area contributed by atoms with Gasteiger partial charge in [-0.15, -0.1) is 6.58 Å². The van der Waals surface area contributed by atoms with E-state index < -0.39 is 0 Å². The summed E-state index contributed by atoms with van der Waals surface area (Å²) in [5.74, 6) is 1.03. The van der Waals surface area contributed by atoms with E-state index in [4.69, 9.17) is 0 Å². The highest BCUT2D eigenvalue weighted by Crippen LogP contribution is 2.22. The van der Waals surface area contributed by atoms with E-state index in [-0.39, 0.29) is 5.41 Å². The average molecular weight is 236 g/mol. The van der Waals surface area contributed by atoms with Crippen molar-refractivity contribution in [1.82, 2.24) is 20.1 Å². The summed E-state index contributed by atoms with van der Waals surface area (Å²) >= 11 is 0. The normalized spacial score (nSPS) is 14.9. The fourth-order valence-electron chi connectivity index (χ4n) is 1.69. The SMILES string of the molecule is C=CC(C)(CNC(C)C)Cc1ncnn1CC. The van der Waals surface area contributed by atoms with Crippen LogP contribution in [-0.4, -0.2) is 27.4 Å². The highest BCUT2D eigenvalue weighted by atomic mass is 15.3. The summed E-state index contributed by atoms with van der Waals surface area (Å²) in [5.41, 5.74) is 0.0181. The molecule has 1 aromatic heterocycles. The second-order valence-corrected chi connectivity index (χ2v) is 5.06. The molecule has 0 spiro atoms. The highest BCUT2D eigenvalue weighted by Gasteiger charge is 2.23. The van der Waals surface area contributed by atoms with Crippen LogP contribution in [0.1, 0.15) is 33.5 Å². The van der Waals surface area contributed by atoms with Gasteiger partial charge in [-0.05, 0) is 6.92 Å². The lowest BCUT2D eigenvalue weighted by atomic mass is 9.86. The number of aromatic nitrogens is 3. The molecule has 17 heavy (non-hydrogen) atoms. The molecule has 0 amide bonds. The Balaban J connectivity index is 2.71. The van der Waals surface area contributed by atoms with Crippen LogP contribution in [0.15, 0.2) is 19.0 Å². The summed E-state index contributed by atoms with van der Waals surface area (Å²) in [6, 6.07) is 0.485. The second kappa shape index (κ2) is 5.96. The highest BCUT2D eigenvalue weighted by molar-refractivity contribution is 5.01. The number of rotatable bonds is 7. The summed E-state index contributed by atoms with van der Waals surface area (Å²) < 4.78 is 1.94. The van der Waals surface area contributed by atoms with E-state index in [0.717, 1.165) is 25.3 Å². The third-order valence-corrected chi connectivity index (χ3v) is 2.96. The molecule has 1 atom stereocenters. The first-order valence-electron chi connectivity index (χ1n) is 6.24. The Morgan fingerprint density at radius 1 is 1.59 bits per heavy atom.